The minimum atomic E-state index is -4.58. The molecule has 0 aliphatic carbocycles. The molecule has 0 spiro atoms. The molecule has 64 heavy (non-hydrogen) atoms. The molecule has 0 fully saturated rings. The van der Waals surface area contributed by atoms with E-state index < -0.39 is 47.7 Å². The van der Waals surface area contributed by atoms with Crippen LogP contribution in [-0.4, -0.2) is 60.3 Å². The molecule has 0 saturated carbocycles. The number of rotatable bonds is 17. The molecule has 0 bridgehead atoms. The van der Waals surface area contributed by atoms with Gasteiger partial charge in [0.25, 0.3) is 5.91 Å². The number of ether oxygens (including phenoxy) is 3. The van der Waals surface area contributed by atoms with E-state index >= 15 is 9.59 Å². The SMILES string of the molecule is C=CCC(OC(C)=O)[C@@H]1[C@@H](N(Cc2ccc(-c3cccc(C(F)(F)F)c3)o2)C(=O)Cc2ccc(OC)cc2)c2cc(OCCCO)ccc2N1C(=O)c1ccc(-c2ccccc2)cc1. The number of benzene rings is 5. The van der Waals surface area contributed by atoms with Gasteiger partial charge < -0.3 is 28.6 Å². The molecular formula is C51H47F3N2O8. The van der Waals surface area contributed by atoms with Gasteiger partial charge in [0, 0.05) is 43.1 Å². The average Bonchev–Trinajstić information content (AvgIpc) is 3.91. The van der Waals surface area contributed by atoms with Gasteiger partial charge in [0.1, 0.15) is 29.1 Å². The van der Waals surface area contributed by atoms with Crippen LogP contribution in [0.4, 0.5) is 18.9 Å². The van der Waals surface area contributed by atoms with E-state index in [4.69, 9.17) is 18.6 Å². The number of hydrogen-bond acceptors (Lipinski definition) is 8. The Morgan fingerprint density at radius 1 is 0.859 bits per heavy atom. The Hall–Kier alpha value is -7.12. The van der Waals surface area contributed by atoms with Gasteiger partial charge in [0.05, 0.1) is 50.0 Å². The second-order valence-corrected chi connectivity index (χ2v) is 15.3. The highest BCUT2D eigenvalue weighted by Crippen LogP contribution is 2.48. The fraction of sp³-hybridized carbons (Fsp3) is 0.235. The molecule has 2 amide bonds. The molecule has 1 aliphatic heterocycles. The molecule has 0 radical (unpaired) electrons. The lowest BCUT2D eigenvalue weighted by atomic mass is 9.93. The summed E-state index contributed by atoms with van der Waals surface area (Å²) in [4.78, 5) is 46.3. The summed E-state index contributed by atoms with van der Waals surface area (Å²) in [6.07, 6.45) is -3.73. The van der Waals surface area contributed by atoms with E-state index in [-0.39, 0.29) is 49.7 Å². The van der Waals surface area contributed by atoms with Crippen LogP contribution in [0.2, 0.25) is 0 Å². The van der Waals surface area contributed by atoms with Gasteiger partial charge >= 0.3 is 12.1 Å². The third-order valence-electron chi connectivity index (χ3n) is 11.0. The molecular weight excluding hydrogens is 826 g/mol. The molecule has 1 unspecified atom stereocenters. The number of esters is 1. The first-order valence-corrected chi connectivity index (χ1v) is 20.7. The second-order valence-electron chi connectivity index (χ2n) is 15.3. The third kappa shape index (κ3) is 10.2. The van der Waals surface area contributed by atoms with E-state index in [2.05, 4.69) is 6.58 Å². The summed E-state index contributed by atoms with van der Waals surface area (Å²) in [5, 5.41) is 9.51. The highest BCUT2D eigenvalue weighted by molar-refractivity contribution is 6.08. The van der Waals surface area contributed by atoms with Gasteiger partial charge in [0.2, 0.25) is 5.91 Å². The number of carbonyl (C=O) groups excluding carboxylic acids is 3. The first kappa shape index (κ1) is 44.9. The first-order chi connectivity index (χ1) is 30.9. The zero-order chi connectivity index (χ0) is 45.4. The minimum Gasteiger partial charge on any atom is -0.497 e. The van der Waals surface area contributed by atoms with Gasteiger partial charge in [-0.25, -0.2) is 0 Å². The summed E-state index contributed by atoms with van der Waals surface area (Å²) >= 11 is 0. The molecule has 10 nitrogen and oxygen atoms in total. The van der Waals surface area contributed by atoms with E-state index in [9.17, 15) is 23.1 Å². The Balaban J connectivity index is 1.38. The maximum absolute atomic E-state index is 15.2. The Kier molecular flexibility index (Phi) is 14.0. The second kappa shape index (κ2) is 19.9. The number of aliphatic hydroxyl groups excluding tert-OH is 1. The highest BCUT2D eigenvalue weighted by Gasteiger charge is 2.51. The van der Waals surface area contributed by atoms with Crippen LogP contribution in [0.1, 0.15) is 58.6 Å². The van der Waals surface area contributed by atoms with E-state index in [1.54, 1.807) is 82.6 Å². The van der Waals surface area contributed by atoms with Gasteiger partial charge in [-0.3, -0.25) is 19.3 Å². The molecule has 13 heteroatoms. The number of aliphatic hydroxyl groups is 1. The van der Waals surface area contributed by atoms with Crippen molar-refractivity contribution in [2.45, 2.75) is 57.1 Å². The van der Waals surface area contributed by atoms with Crippen LogP contribution in [0, 0.1) is 0 Å². The number of alkyl halides is 3. The number of anilines is 1. The van der Waals surface area contributed by atoms with Gasteiger partial charge in [-0.15, -0.1) is 6.58 Å². The summed E-state index contributed by atoms with van der Waals surface area (Å²) < 4.78 is 64.9. The fourth-order valence-electron chi connectivity index (χ4n) is 7.99. The van der Waals surface area contributed by atoms with Crippen molar-refractivity contribution in [2.75, 3.05) is 25.2 Å². The number of fused-ring (bicyclic) bond motifs is 1. The van der Waals surface area contributed by atoms with E-state index in [1.165, 1.54) is 26.2 Å². The van der Waals surface area contributed by atoms with Crippen molar-refractivity contribution >= 4 is 23.5 Å². The summed E-state index contributed by atoms with van der Waals surface area (Å²) in [7, 11) is 1.53. The molecule has 7 rings (SSSR count). The van der Waals surface area contributed by atoms with Crippen LogP contribution in [-0.2, 0) is 33.5 Å². The van der Waals surface area contributed by atoms with Crippen molar-refractivity contribution in [3.8, 4) is 33.9 Å². The molecule has 330 valence electrons. The van der Waals surface area contributed by atoms with E-state index in [0.29, 0.717) is 40.3 Å². The molecule has 2 heterocycles. The predicted octanol–water partition coefficient (Wildman–Crippen LogP) is 10.3. The maximum Gasteiger partial charge on any atom is 0.416 e. The number of furan rings is 1. The van der Waals surface area contributed by atoms with Crippen molar-refractivity contribution in [1.29, 1.82) is 0 Å². The summed E-state index contributed by atoms with van der Waals surface area (Å²) in [5.74, 6) is -0.0946. The summed E-state index contributed by atoms with van der Waals surface area (Å²) in [5.41, 5.74) is 3.07. The largest absolute Gasteiger partial charge is 0.497 e. The summed E-state index contributed by atoms with van der Waals surface area (Å²) in [6.45, 7) is 5.06. The standard InChI is InChI=1S/C51H47F3N2O8/c1-4-10-46(63-33(2)58)49-48(43-31-41(62-28-9-27-57)23-25-44(43)56(49)50(60)37-19-17-36(18-20-37)35-11-6-5-7-12-35)55(47(59)29-34-15-21-40(61-3)22-16-34)32-42-24-26-45(64-42)38-13-8-14-39(30-38)51(52,53)54/h4-8,11-26,30-31,46,48-49,57H,1,9-10,27-29,32H2,2-3H3/t46?,48-,49+/m0/s1. The zero-order valence-electron chi connectivity index (χ0n) is 35.3. The van der Waals surface area contributed by atoms with Crippen LogP contribution < -0.4 is 14.4 Å². The Bertz CT molecular complexity index is 2570. The lowest BCUT2D eigenvalue weighted by Crippen LogP contribution is -2.53. The van der Waals surface area contributed by atoms with Crippen molar-refractivity contribution in [1.82, 2.24) is 4.90 Å². The van der Waals surface area contributed by atoms with E-state index in [0.717, 1.165) is 23.3 Å². The zero-order valence-corrected chi connectivity index (χ0v) is 35.3. The van der Waals surface area contributed by atoms with Crippen LogP contribution in [0.3, 0.4) is 0 Å². The minimum absolute atomic E-state index is 0.0896. The molecule has 5 aromatic carbocycles. The van der Waals surface area contributed by atoms with Gasteiger partial charge in [-0.2, -0.15) is 13.2 Å². The normalized spacial score (nSPS) is 14.9. The maximum atomic E-state index is 15.2. The molecule has 1 aromatic heterocycles. The highest BCUT2D eigenvalue weighted by atomic mass is 19.4. The van der Waals surface area contributed by atoms with Crippen molar-refractivity contribution < 1.29 is 51.3 Å². The Labute approximate surface area is 369 Å². The van der Waals surface area contributed by atoms with Crippen molar-refractivity contribution in [3.05, 3.63) is 174 Å². The van der Waals surface area contributed by atoms with Crippen molar-refractivity contribution in [2.24, 2.45) is 0 Å². The number of carbonyl (C=O) groups is 3. The Morgan fingerprint density at radius 2 is 1.56 bits per heavy atom. The van der Waals surface area contributed by atoms with Crippen LogP contribution in [0.25, 0.3) is 22.5 Å². The van der Waals surface area contributed by atoms with Crippen LogP contribution in [0.15, 0.2) is 151 Å². The number of amides is 2. The fourth-order valence-corrected chi connectivity index (χ4v) is 7.99. The molecule has 6 aromatic rings. The third-order valence-corrected chi connectivity index (χ3v) is 11.0. The Morgan fingerprint density at radius 3 is 2.23 bits per heavy atom. The van der Waals surface area contributed by atoms with Crippen LogP contribution in [0.5, 0.6) is 11.5 Å². The number of hydrogen-bond donors (Lipinski definition) is 1. The molecule has 3 atom stereocenters. The van der Waals surface area contributed by atoms with Gasteiger partial charge in [-0.1, -0.05) is 72.8 Å². The lowest BCUT2D eigenvalue weighted by molar-refractivity contribution is -0.148. The number of nitrogens with zero attached hydrogens (tertiary/aromatic N) is 2. The molecule has 1 N–H and O–H groups in total. The number of halogens is 3. The monoisotopic (exact) mass is 872 g/mol. The number of methoxy groups -OCH3 is 1. The van der Waals surface area contributed by atoms with Gasteiger partial charge in [-0.05, 0) is 83.4 Å². The smallest absolute Gasteiger partial charge is 0.416 e. The van der Waals surface area contributed by atoms with E-state index in [1.807, 2.05) is 42.5 Å². The predicted molar refractivity (Wildman–Crippen MR) is 236 cm³/mol. The van der Waals surface area contributed by atoms with Crippen molar-refractivity contribution in [3.63, 3.8) is 0 Å². The van der Waals surface area contributed by atoms with Gasteiger partial charge in [0.15, 0.2) is 0 Å². The van der Waals surface area contributed by atoms with Crippen LogP contribution >= 0.6 is 0 Å². The lowest BCUT2D eigenvalue weighted by Gasteiger charge is -2.39. The quantitative estimate of drug-likeness (QED) is 0.0547. The molecule has 1 aliphatic rings. The topological polar surface area (TPSA) is 119 Å². The average molecular weight is 873 g/mol. The first-order valence-electron chi connectivity index (χ1n) is 20.7. The molecule has 0 saturated heterocycles. The summed E-state index contributed by atoms with van der Waals surface area (Å²) in [6, 6.07) is 34.8.